The lowest BCUT2D eigenvalue weighted by molar-refractivity contribution is -0.128. The van der Waals surface area contributed by atoms with E-state index in [4.69, 9.17) is 0 Å². The molecule has 1 aliphatic carbocycles. The molecule has 1 aromatic rings. The summed E-state index contributed by atoms with van der Waals surface area (Å²) in [5, 5.41) is 4.13. The third kappa shape index (κ3) is 2.59. The van der Waals surface area contributed by atoms with Crippen LogP contribution in [-0.2, 0) is 18.3 Å². The van der Waals surface area contributed by atoms with Gasteiger partial charge in [-0.25, -0.2) is 0 Å². The molecule has 0 unspecified atom stereocenters. The Balaban J connectivity index is 1.92. The number of nitrogens with zero attached hydrogens (tertiary/aromatic N) is 2. The van der Waals surface area contributed by atoms with Gasteiger partial charge in [0.05, 0.1) is 6.20 Å². The van der Waals surface area contributed by atoms with Crippen LogP contribution >= 0.6 is 0 Å². The zero-order valence-electron chi connectivity index (χ0n) is 10.9. The molecule has 0 bridgehead atoms. The first-order chi connectivity index (χ1) is 8.16. The summed E-state index contributed by atoms with van der Waals surface area (Å²) in [4.78, 5) is 12.4. The normalized spacial score (nSPS) is 18.5. The van der Waals surface area contributed by atoms with E-state index in [0.717, 1.165) is 25.7 Å². The Labute approximate surface area is 103 Å². The van der Waals surface area contributed by atoms with Crippen molar-refractivity contribution in [2.75, 3.05) is 0 Å². The Morgan fingerprint density at radius 3 is 2.71 bits per heavy atom. The summed E-state index contributed by atoms with van der Waals surface area (Å²) >= 11 is 0. The molecule has 0 amide bonds. The van der Waals surface area contributed by atoms with Gasteiger partial charge in [-0.15, -0.1) is 0 Å². The molecule has 0 atom stereocenters. The van der Waals surface area contributed by atoms with Gasteiger partial charge in [0, 0.05) is 25.1 Å². The fourth-order valence-corrected chi connectivity index (χ4v) is 3.01. The number of aromatic nitrogens is 2. The van der Waals surface area contributed by atoms with Gasteiger partial charge in [-0.2, -0.15) is 5.10 Å². The van der Waals surface area contributed by atoms with Crippen molar-refractivity contribution in [1.29, 1.82) is 0 Å². The molecular weight excluding hydrogens is 212 g/mol. The summed E-state index contributed by atoms with van der Waals surface area (Å²) in [5.41, 5.74) is 1.19. The minimum atomic E-state index is 0.0161. The van der Waals surface area contributed by atoms with Crippen molar-refractivity contribution in [3.05, 3.63) is 18.0 Å². The van der Waals surface area contributed by atoms with Crippen LogP contribution < -0.4 is 0 Å². The molecule has 3 heteroatoms. The fourth-order valence-electron chi connectivity index (χ4n) is 3.01. The van der Waals surface area contributed by atoms with E-state index in [1.165, 1.54) is 18.4 Å². The van der Waals surface area contributed by atoms with E-state index >= 15 is 0 Å². The summed E-state index contributed by atoms with van der Waals surface area (Å²) in [6.45, 7) is 2.16. The first-order valence-electron chi connectivity index (χ1n) is 6.67. The van der Waals surface area contributed by atoms with Gasteiger partial charge in [-0.3, -0.25) is 9.48 Å². The van der Waals surface area contributed by atoms with Gasteiger partial charge in [-0.1, -0.05) is 19.8 Å². The molecule has 1 aromatic heterocycles. The number of rotatable bonds is 5. The largest absolute Gasteiger partial charge is 0.299 e. The number of hydrogen-bond donors (Lipinski definition) is 0. The molecule has 1 heterocycles. The Hall–Kier alpha value is -1.12. The molecule has 94 valence electrons. The van der Waals surface area contributed by atoms with Gasteiger partial charge in [0.25, 0.3) is 0 Å². The molecule has 1 fully saturated rings. The summed E-state index contributed by atoms with van der Waals surface area (Å²) in [6.07, 6.45) is 11.1. The summed E-state index contributed by atoms with van der Waals surface area (Å²) in [7, 11) is 1.91. The second kappa shape index (κ2) is 5.03. The minimum Gasteiger partial charge on any atom is -0.299 e. The highest BCUT2D eigenvalue weighted by Gasteiger charge is 2.38. The van der Waals surface area contributed by atoms with Crippen molar-refractivity contribution in [2.45, 2.75) is 51.9 Å². The van der Waals surface area contributed by atoms with Gasteiger partial charge in [0.15, 0.2) is 0 Å². The van der Waals surface area contributed by atoms with Crippen LogP contribution in [0.5, 0.6) is 0 Å². The van der Waals surface area contributed by atoms with Crippen LogP contribution in [0.2, 0.25) is 0 Å². The maximum absolute atomic E-state index is 12.4. The quantitative estimate of drug-likeness (QED) is 0.785. The lowest BCUT2D eigenvalue weighted by Crippen LogP contribution is -2.27. The van der Waals surface area contributed by atoms with Crippen molar-refractivity contribution in [1.82, 2.24) is 9.78 Å². The summed E-state index contributed by atoms with van der Waals surface area (Å²) in [5.74, 6) is 0.473. The smallest absolute Gasteiger partial charge is 0.139 e. The van der Waals surface area contributed by atoms with Gasteiger partial charge in [0.2, 0.25) is 0 Å². The summed E-state index contributed by atoms with van der Waals surface area (Å²) < 4.78 is 1.80. The number of ketones is 1. The van der Waals surface area contributed by atoms with E-state index in [2.05, 4.69) is 12.0 Å². The molecule has 3 nitrogen and oxygen atoms in total. The minimum absolute atomic E-state index is 0.0161. The van der Waals surface area contributed by atoms with E-state index in [1.807, 2.05) is 19.4 Å². The predicted octanol–water partition coefficient (Wildman–Crippen LogP) is 2.89. The van der Waals surface area contributed by atoms with E-state index < -0.39 is 0 Å². The summed E-state index contributed by atoms with van der Waals surface area (Å²) in [6, 6.07) is 0. The van der Waals surface area contributed by atoms with Crippen molar-refractivity contribution in [3.8, 4) is 0 Å². The van der Waals surface area contributed by atoms with Gasteiger partial charge in [-0.05, 0) is 31.2 Å². The Kier molecular flexibility index (Phi) is 3.65. The average molecular weight is 234 g/mol. The average Bonchev–Trinajstić information content (AvgIpc) is 2.95. The molecule has 17 heavy (non-hydrogen) atoms. The van der Waals surface area contributed by atoms with Crippen LogP contribution in [0.1, 0.15) is 51.0 Å². The van der Waals surface area contributed by atoms with Crippen molar-refractivity contribution in [2.24, 2.45) is 12.5 Å². The first kappa shape index (κ1) is 12.3. The molecule has 2 rings (SSSR count). The second-order valence-corrected chi connectivity index (χ2v) is 5.29. The highest BCUT2D eigenvalue weighted by Crippen LogP contribution is 2.42. The molecular formula is C14H22N2O. The lowest BCUT2D eigenvalue weighted by Gasteiger charge is -2.25. The highest BCUT2D eigenvalue weighted by molar-refractivity contribution is 5.85. The third-order valence-electron chi connectivity index (χ3n) is 4.23. The van der Waals surface area contributed by atoms with Gasteiger partial charge >= 0.3 is 0 Å². The van der Waals surface area contributed by atoms with E-state index in [0.29, 0.717) is 12.2 Å². The van der Waals surface area contributed by atoms with E-state index in [1.54, 1.807) is 4.68 Å². The second-order valence-electron chi connectivity index (χ2n) is 5.29. The number of Topliss-reactive ketones (excluding diaryl/α,β-unsaturated/α-hetero) is 1. The Morgan fingerprint density at radius 1 is 1.47 bits per heavy atom. The molecule has 0 aliphatic heterocycles. The maximum Gasteiger partial charge on any atom is 0.139 e. The zero-order valence-corrected chi connectivity index (χ0v) is 10.9. The van der Waals surface area contributed by atoms with E-state index in [9.17, 15) is 4.79 Å². The van der Waals surface area contributed by atoms with Crippen LogP contribution in [0.25, 0.3) is 0 Å². The van der Waals surface area contributed by atoms with Crippen molar-refractivity contribution < 1.29 is 4.79 Å². The zero-order chi connectivity index (χ0) is 12.3. The van der Waals surface area contributed by atoms with Crippen molar-refractivity contribution in [3.63, 3.8) is 0 Å². The molecule has 1 saturated carbocycles. The monoisotopic (exact) mass is 234 g/mol. The number of carbonyl (C=O) groups is 1. The van der Waals surface area contributed by atoms with Crippen LogP contribution in [0.3, 0.4) is 0 Å². The first-order valence-corrected chi connectivity index (χ1v) is 6.67. The van der Waals surface area contributed by atoms with Crippen LogP contribution in [0.4, 0.5) is 0 Å². The van der Waals surface area contributed by atoms with Crippen LogP contribution in [-0.4, -0.2) is 15.6 Å². The molecule has 0 N–H and O–H groups in total. The maximum atomic E-state index is 12.4. The Bertz CT molecular complexity index is 389. The van der Waals surface area contributed by atoms with Gasteiger partial charge < -0.3 is 0 Å². The highest BCUT2D eigenvalue weighted by atomic mass is 16.1. The number of aryl methyl sites for hydroxylation is 2. The standard InChI is InChI=1S/C14H22N2O/c1-3-14(8-4-5-9-14)13(17)7-6-12-10-15-16(2)11-12/h10-11H,3-9H2,1-2H3. The van der Waals surface area contributed by atoms with E-state index in [-0.39, 0.29) is 5.41 Å². The fraction of sp³-hybridized carbons (Fsp3) is 0.714. The van der Waals surface area contributed by atoms with Crippen LogP contribution in [0, 0.1) is 5.41 Å². The number of hydrogen-bond acceptors (Lipinski definition) is 2. The number of carbonyl (C=O) groups excluding carboxylic acids is 1. The predicted molar refractivity (Wildman–Crippen MR) is 67.7 cm³/mol. The molecule has 0 spiro atoms. The SMILES string of the molecule is CCC1(C(=O)CCc2cnn(C)c2)CCCC1. The van der Waals surface area contributed by atoms with Crippen LogP contribution in [0.15, 0.2) is 12.4 Å². The van der Waals surface area contributed by atoms with Gasteiger partial charge in [0.1, 0.15) is 5.78 Å². The molecule has 1 aliphatic rings. The van der Waals surface area contributed by atoms with Crippen molar-refractivity contribution >= 4 is 5.78 Å². The molecule has 0 radical (unpaired) electrons. The molecule has 0 saturated heterocycles. The lowest BCUT2D eigenvalue weighted by atomic mass is 9.77. The molecule has 0 aromatic carbocycles. The topological polar surface area (TPSA) is 34.9 Å². The third-order valence-corrected chi connectivity index (χ3v) is 4.23. The Morgan fingerprint density at radius 2 is 2.18 bits per heavy atom.